The van der Waals surface area contributed by atoms with Crippen molar-refractivity contribution in [2.24, 2.45) is 5.92 Å². The Labute approximate surface area is 140 Å². The number of hydrogen-bond acceptors (Lipinski definition) is 5. The van der Waals surface area contributed by atoms with Crippen molar-refractivity contribution >= 4 is 11.9 Å². The van der Waals surface area contributed by atoms with E-state index in [1.54, 1.807) is 9.58 Å². The zero-order chi connectivity index (χ0) is 17.3. The Balaban J connectivity index is 1.80. The highest BCUT2D eigenvalue weighted by atomic mass is 16.4. The number of aromatic carboxylic acids is 1. The number of aromatic nitrogens is 2. The van der Waals surface area contributed by atoms with E-state index in [9.17, 15) is 14.7 Å². The maximum atomic E-state index is 12.8. The van der Waals surface area contributed by atoms with Gasteiger partial charge in [-0.1, -0.05) is 0 Å². The number of likely N-dealkylation sites (tertiary alicyclic amines) is 1. The summed E-state index contributed by atoms with van der Waals surface area (Å²) in [6.07, 6.45) is 2.48. The summed E-state index contributed by atoms with van der Waals surface area (Å²) in [5.41, 5.74) is 1.43. The molecule has 0 spiro atoms. The van der Waals surface area contributed by atoms with Gasteiger partial charge in [-0.05, 0) is 26.4 Å². The third-order valence-corrected chi connectivity index (χ3v) is 4.93. The van der Waals surface area contributed by atoms with Gasteiger partial charge in [0.05, 0.1) is 19.1 Å². The molecular weight excluding hydrogens is 312 g/mol. The first kappa shape index (κ1) is 16.9. The fraction of sp³-hybridized carbons (Fsp3) is 0.688. The van der Waals surface area contributed by atoms with Crippen LogP contribution in [0.2, 0.25) is 0 Å². The highest BCUT2D eigenvalue weighted by Crippen LogP contribution is 2.26. The van der Waals surface area contributed by atoms with E-state index in [0.29, 0.717) is 25.1 Å². The maximum absolute atomic E-state index is 12.8. The number of fused-ring (bicyclic) bond motifs is 1. The highest BCUT2D eigenvalue weighted by molar-refractivity contribution is 5.88. The van der Waals surface area contributed by atoms with E-state index in [-0.39, 0.29) is 30.7 Å². The molecule has 3 heterocycles. The second-order valence-corrected chi connectivity index (χ2v) is 6.64. The number of aliphatic hydroxyl groups is 1. The van der Waals surface area contributed by atoms with Gasteiger partial charge in [0.15, 0.2) is 5.69 Å². The van der Waals surface area contributed by atoms with Crippen molar-refractivity contribution in [1.82, 2.24) is 19.6 Å². The van der Waals surface area contributed by atoms with Gasteiger partial charge in [0.1, 0.15) is 0 Å². The zero-order valence-electron chi connectivity index (χ0n) is 13.9. The number of carbonyl (C=O) groups excluding carboxylic acids is 1. The summed E-state index contributed by atoms with van der Waals surface area (Å²) in [6, 6.07) is 0. The first-order chi connectivity index (χ1) is 11.5. The van der Waals surface area contributed by atoms with Crippen LogP contribution in [0, 0.1) is 5.92 Å². The predicted molar refractivity (Wildman–Crippen MR) is 85.6 cm³/mol. The minimum absolute atomic E-state index is 0.00304. The molecule has 0 radical (unpaired) electrons. The summed E-state index contributed by atoms with van der Waals surface area (Å²) < 4.78 is 1.56. The monoisotopic (exact) mass is 336 g/mol. The molecule has 2 aliphatic rings. The molecule has 0 aliphatic carbocycles. The number of aliphatic hydroxyl groups excluding tert-OH is 1. The number of amides is 1. The molecule has 1 amide bonds. The first-order valence-corrected chi connectivity index (χ1v) is 8.41. The number of piperidine rings is 1. The average Bonchev–Trinajstić information content (AvgIpc) is 2.93. The van der Waals surface area contributed by atoms with Gasteiger partial charge in [0, 0.05) is 37.3 Å². The van der Waals surface area contributed by atoms with Crippen LogP contribution in [0.3, 0.4) is 0 Å². The molecule has 24 heavy (non-hydrogen) atoms. The predicted octanol–water partition coefficient (Wildman–Crippen LogP) is -0.200. The SMILES string of the molecule is CN1CCCC(C(=O)N2CCc3c(c(C(=O)O)nn3CCO)C2)C1. The molecule has 0 aromatic carbocycles. The van der Waals surface area contributed by atoms with Crippen molar-refractivity contribution in [1.29, 1.82) is 0 Å². The lowest BCUT2D eigenvalue weighted by Crippen LogP contribution is -2.45. The smallest absolute Gasteiger partial charge is 0.356 e. The summed E-state index contributed by atoms with van der Waals surface area (Å²) in [5.74, 6) is -0.987. The van der Waals surface area contributed by atoms with Crippen LogP contribution < -0.4 is 0 Å². The largest absolute Gasteiger partial charge is 0.476 e. The molecule has 2 aliphatic heterocycles. The van der Waals surface area contributed by atoms with E-state index in [1.165, 1.54) is 0 Å². The van der Waals surface area contributed by atoms with Crippen LogP contribution >= 0.6 is 0 Å². The Morgan fingerprint density at radius 2 is 2.12 bits per heavy atom. The zero-order valence-corrected chi connectivity index (χ0v) is 13.9. The quantitative estimate of drug-likeness (QED) is 0.790. The molecule has 1 atom stereocenters. The molecule has 1 unspecified atom stereocenters. The number of hydrogen-bond donors (Lipinski definition) is 2. The summed E-state index contributed by atoms with van der Waals surface area (Å²) in [4.78, 5) is 28.2. The van der Waals surface area contributed by atoms with Crippen molar-refractivity contribution in [2.45, 2.75) is 32.4 Å². The third-order valence-electron chi connectivity index (χ3n) is 4.93. The van der Waals surface area contributed by atoms with Crippen LogP contribution in [0.1, 0.15) is 34.6 Å². The fourth-order valence-corrected chi connectivity index (χ4v) is 3.76. The Hall–Kier alpha value is -1.93. The number of carbonyl (C=O) groups is 2. The lowest BCUT2D eigenvalue weighted by atomic mass is 9.95. The summed E-state index contributed by atoms with van der Waals surface area (Å²) in [6.45, 7) is 2.83. The molecule has 132 valence electrons. The molecule has 1 aromatic rings. The van der Waals surface area contributed by atoms with Gasteiger partial charge in [-0.3, -0.25) is 9.48 Å². The van der Waals surface area contributed by atoms with Crippen LogP contribution in [0.4, 0.5) is 0 Å². The van der Waals surface area contributed by atoms with Gasteiger partial charge in [-0.15, -0.1) is 0 Å². The van der Waals surface area contributed by atoms with Gasteiger partial charge in [-0.2, -0.15) is 5.10 Å². The average molecular weight is 336 g/mol. The van der Waals surface area contributed by atoms with E-state index in [2.05, 4.69) is 10.00 Å². The molecule has 0 bridgehead atoms. The van der Waals surface area contributed by atoms with E-state index in [0.717, 1.165) is 31.6 Å². The van der Waals surface area contributed by atoms with Crippen LogP contribution in [0.25, 0.3) is 0 Å². The summed E-state index contributed by atoms with van der Waals surface area (Å²) in [7, 11) is 2.02. The lowest BCUT2D eigenvalue weighted by molar-refractivity contribution is -0.138. The first-order valence-electron chi connectivity index (χ1n) is 8.41. The molecule has 1 saturated heterocycles. The molecular formula is C16H24N4O4. The van der Waals surface area contributed by atoms with Gasteiger partial charge < -0.3 is 20.0 Å². The van der Waals surface area contributed by atoms with Crippen molar-refractivity contribution < 1.29 is 19.8 Å². The van der Waals surface area contributed by atoms with Crippen LogP contribution in [0.5, 0.6) is 0 Å². The number of nitrogens with zero attached hydrogens (tertiary/aromatic N) is 4. The van der Waals surface area contributed by atoms with Gasteiger partial charge in [0.25, 0.3) is 0 Å². The molecule has 0 saturated carbocycles. The Kier molecular flexibility index (Phi) is 4.86. The van der Waals surface area contributed by atoms with Crippen LogP contribution in [-0.4, -0.2) is 75.0 Å². The van der Waals surface area contributed by atoms with Crippen molar-refractivity contribution in [3.63, 3.8) is 0 Å². The topological polar surface area (TPSA) is 98.9 Å². The second-order valence-electron chi connectivity index (χ2n) is 6.64. The number of carboxylic acids is 1. The highest BCUT2D eigenvalue weighted by Gasteiger charge is 2.33. The Morgan fingerprint density at radius 3 is 2.79 bits per heavy atom. The molecule has 1 fully saturated rings. The normalized spacial score (nSPS) is 21.6. The minimum atomic E-state index is -1.09. The van der Waals surface area contributed by atoms with Crippen LogP contribution in [0.15, 0.2) is 0 Å². The van der Waals surface area contributed by atoms with Crippen molar-refractivity contribution in [3.05, 3.63) is 17.0 Å². The fourth-order valence-electron chi connectivity index (χ4n) is 3.76. The Bertz CT molecular complexity index is 642. The number of rotatable bonds is 4. The Morgan fingerprint density at radius 1 is 1.33 bits per heavy atom. The van der Waals surface area contributed by atoms with Crippen molar-refractivity contribution in [2.75, 3.05) is 33.3 Å². The second kappa shape index (κ2) is 6.90. The molecule has 2 N–H and O–H groups in total. The number of carboxylic acid groups (broad SMARTS) is 1. The maximum Gasteiger partial charge on any atom is 0.356 e. The minimum Gasteiger partial charge on any atom is -0.476 e. The standard InChI is InChI=1S/C16H24N4O4/c1-18-5-2-3-11(9-18)15(22)19-6-4-13-12(10-19)14(16(23)24)17-20(13)7-8-21/h11,21H,2-10H2,1H3,(H,23,24). The van der Waals surface area contributed by atoms with Crippen LogP contribution in [-0.2, 0) is 24.3 Å². The van der Waals surface area contributed by atoms with E-state index in [4.69, 9.17) is 5.11 Å². The lowest BCUT2D eigenvalue weighted by Gasteiger charge is -2.35. The van der Waals surface area contributed by atoms with E-state index >= 15 is 0 Å². The van der Waals surface area contributed by atoms with Crippen molar-refractivity contribution in [3.8, 4) is 0 Å². The van der Waals surface area contributed by atoms with Gasteiger partial charge >= 0.3 is 5.97 Å². The molecule has 8 heteroatoms. The molecule has 3 rings (SSSR count). The summed E-state index contributed by atoms with van der Waals surface area (Å²) >= 11 is 0. The molecule has 1 aromatic heterocycles. The van der Waals surface area contributed by atoms with Gasteiger partial charge in [0.2, 0.25) is 5.91 Å². The third kappa shape index (κ3) is 3.16. The van der Waals surface area contributed by atoms with Gasteiger partial charge in [-0.25, -0.2) is 4.79 Å². The molecule has 8 nitrogen and oxygen atoms in total. The van der Waals surface area contributed by atoms with E-state index in [1.807, 2.05) is 7.05 Å². The summed E-state index contributed by atoms with van der Waals surface area (Å²) in [5, 5.41) is 22.6. The van der Waals surface area contributed by atoms with E-state index < -0.39 is 5.97 Å².